The van der Waals surface area contributed by atoms with E-state index < -0.39 is 23.7 Å². The second-order valence-electron chi connectivity index (χ2n) is 2.67. The van der Waals surface area contributed by atoms with Crippen LogP contribution in [0.5, 0.6) is 5.75 Å². The van der Waals surface area contributed by atoms with Crippen LogP contribution in [0.4, 0.5) is 8.78 Å². The van der Waals surface area contributed by atoms with Gasteiger partial charge in [0.05, 0.1) is 0 Å². The number of ether oxygens (including phenoxy) is 1. The topological polar surface area (TPSA) is 46.5 Å². The van der Waals surface area contributed by atoms with Gasteiger partial charge < -0.3 is 9.84 Å². The van der Waals surface area contributed by atoms with Crippen molar-refractivity contribution in [3.05, 3.63) is 29.8 Å². The maximum atomic E-state index is 12.6. The van der Waals surface area contributed by atoms with Gasteiger partial charge in [-0.1, -0.05) is 0 Å². The van der Waals surface area contributed by atoms with E-state index >= 15 is 0 Å². The van der Waals surface area contributed by atoms with E-state index in [2.05, 4.69) is 0 Å². The average Bonchev–Trinajstić information content (AvgIpc) is 2.11. The lowest BCUT2D eigenvalue weighted by molar-refractivity contribution is -0.144. The first kappa shape index (κ1) is 10.4. The Hall–Kier alpha value is -1.65. The van der Waals surface area contributed by atoms with Crippen LogP contribution < -0.4 is 4.74 Å². The molecule has 0 aliphatic rings. The molecule has 3 nitrogen and oxygen atoms in total. The third kappa shape index (κ3) is 2.42. The van der Waals surface area contributed by atoms with Crippen LogP contribution >= 0.6 is 0 Å². The van der Waals surface area contributed by atoms with E-state index in [9.17, 15) is 13.6 Å². The molecule has 5 heteroatoms. The number of carbonyl (C=O) groups is 1. The summed E-state index contributed by atoms with van der Waals surface area (Å²) in [6, 6.07) is 2.84. The normalized spacial score (nSPS) is 12.2. The Morgan fingerprint density at radius 2 is 2.07 bits per heavy atom. The molecule has 0 amide bonds. The number of hydrogen-bond donors (Lipinski definition) is 1. The van der Waals surface area contributed by atoms with Gasteiger partial charge in [0.2, 0.25) is 0 Å². The van der Waals surface area contributed by atoms with Gasteiger partial charge in [-0.25, -0.2) is 13.6 Å². The highest BCUT2D eigenvalue weighted by Gasteiger charge is 2.13. The number of aliphatic carboxylic acids is 1. The van der Waals surface area contributed by atoms with Crippen LogP contribution in [0.2, 0.25) is 0 Å². The summed E-state index contributed by atoms with van der Waals surface area (Å²) >= 11 is 0. The monoisotopic (exact) mass is 202 g/mol. The van der Waals surface area contributed by atoms with E-state index in [-0.39, 0.29) is 5.75 Å². The Labute approximate surface area is 78.9 Å². The number of carboxylic acid groups (broad SMARTS) is 1. The highest BCUT2D eigenvalue weighted by molar-refractivity contribution is 5.72. The minimum atomic E-state index is -1.17. The van der Waals surface area contributed by atoms with Gasteiger partial charge in [-0.15, -0.1) is 0 Å². The molecule has 0 heterocycles. The molecule has 0 spiro atoms. The Morgan fingerprint density at radius 3 is 2.57 bits per heavy atom. The minimum Gasteiger partial charge on any atom is -0.479 e. The predicted molar refractivity (Wildman–Crippen MR) is 44.1 cm³/mol. The summed E-state index contributed by atoms with van der Waals surface area (Å²) in [7, 11) is 0. The van der Waals surface area contributed by atoms with Crippen molar-refractivity contribution in [2.45, 2.75) is 13.0 Å². The SMILES string of the molecule is CC(Oc1ccc(F)c(F)c1)C(=O)O. The maximum Gasteiger partial charge on any atom is 0.344 e. The Balaban J connectivity index is 2.78. The highest BCUT2D eigenvalue weighted by atomic mass is 19.2. The van der Waals surface area contributed by atoms with Gasteiger partial charge in [0.15, 0.2) is 17.7 Å². The summed E-state index contributed by atoms with van der Waals surface area (Å²) in [5.41, 5.74) is 0. The van der Waals surface area contributed by atoms with Gasteiger partial charge in [-0.05, 0) is 19.1 Å². The minimum absolute atomic E-state index is 0.0150. The van der Waals surface area contributed by atoms with Crippen LogP contribution in [-0.4, -0.2) is 17.2 Å². The molecule has 0 saturated carbocycles. The van der Waals surface area contributed by atoms with Crippen molar-refractivity contribution in [1.82, 2.24) is 0 Å². The van der Waals surface area contributed by atoms with Gasteiger partial charge in [0.25, 0.3) is 0 Å². The smallest absolute Gasteiger partial charge is 0.344 e. The summed E-state index contributed by atoms with van der Waals surface area (Å²) in [5, 5.41) is 8.47. The second-order valence-corrected chi connectivity index (χ2v) is 2.67. The van der Waals surface area contributed by atoms with E-state index in [0.29, 0.717) is 0 Å². The summed E-state index contributed by atoms with van der Waals surface area (Å²) in [6.45, 7) is 1.30. The van der Waals surface area contributed by atoms with E-state index in [0.717, 1.165) is 18.2 Å². The molecule has 0 saturated heterocycles. The molecule has 1 unspecified atom stereocenters. The molecule has 1 rings (SSSR count). The van der Waals surface area contributed by atoms with Gasteiger partial charge in [0, 0.05) is 6.07 Å². The van der Waals surface area contributed by atoms with Crippen molar-refractivity contribution in [2.24, 2.45) is 0 Å². The van der Waals surface area contributed by atoms with Gasteiger partial charge in [-0.2, -0.15) is 0 Å². The lowest BCUT2D eigenvalue weighted by Crippen LogP contribution is -2.22. The van der Waals surface area contributed by atoms with Crippen molar-refractivity contribution in [2.75, 3.05) is 0 Å². The van der Waals surface area contributed by atoms with Crippen LogP contribution in [-0.2, 0) is 4.79 Å². The zero-order valence-electron chi connectivity index (χ0n) is 7.33. The van der Waals surface area contributed by atoms with Crippen LogP contribution in [0.15, 0.2) is 18.2 Å². The van der Waals surface area contributed by atoms with Crippen molar-refractivity contribution in [1.29, 1.82) is 0 Å². The van der Waals surface area contributed by atoms with Crippen LogP contribution in [0.1, 0.15) is 6.92 Å². The van der Waals surface area contributed by atoms with Gasteiger partial charge >= 0.3 is 5.97 Å². The molecule has 0 fully saturated rings. The molecule has 0 aliphatic carbocycles. The lowest BCUT2D eigenvalue weighted by Gasteiger charge is -2.09. The molecular formula is C9H8F2O3. The molecule has 1 N–H and O–H groups in total. The summed E-state index contributed by atoms with van der Waals surface area (Å²) in [6.07, 6.45) is -1.10. The molecule has 1 aromatic carbocycles. The van der Waals surface area contributed by atoms with Crippen molar-refractivity contribution in [3.8, 4) is 5.75 Å². The molecule has 1 aromatic rings. The first-order valence-corrected chi connectivity index (χ1v) is 3.85. The summed E-state index contributed by atoms with van der Waals surface area (Å²) < 4.78 is 29.9. The second kappa shape index (κ2) is 4.04. The van der Waals surface area contributed by atoms with E-state index in [1.165, 1.54) is 6.92 Å². The molecule has 76 valence electrons. The van der Waals surface area contributed by atoms with E-state index in [1.54, 1.807) is 0 Å². The molecular weight excluding hydrogens is 194 g/mol. The molecule has 0 aromatic heterocycles. The van der Waals surface area contributed by atoms with E-state index in [1.807, 2.05) is 0 Å². The quantitative estimate of drug-likeness (QED) is 0.813. The van der Waals surface area contributed by atoms with E-state index in [4.69, 9.17) is 9.84 Å². The Kier molecular flexibility index (Phi) is 3.01. The highest BCUT2D eigenvalue weighted by Crippen LogP contribution is 2.16. The van der Waals surface area contributed by atoms with Gasteiger partial charge in [0.1, 0.15) is 5.75 Å². The van der Waals surface area contributed by atoms with Crippen LogP contribution in [0.25, 0.3) is 0 Å². The fourth-order valence-corrected chi connectivity index (χ4v) is 0.805. The first-order valence-electron chi connectivity index (χ1n) is 3.85. The zero-order valence-corrected chi connectivity index (χ0v) is 7.33. The summed E-state index contributed by atoms with van der Waals surface area (Å²) in [5.74, 6) is -3.26. The Bertz CT molecular complexity index is 352. The number of halogens is 2. The standard InChI is InChI=1S/C9H8F2O3/c1-5(9(12)13)14-6-2-3-7(10)8(11)4-6/h2-5H,1H3,(H,12,13). The van der Waals surface area contributed by atoms with Crippen LogP contribution in [0.3, 0.4) is 0 Å². The zero-order chi connectivity index (χ0) is 10.7. The molecule has 0 aliphatic heterocycles. The Morgan fingerprint density at radius 1 is 1.43 bits per heavy atom. The third-order valence-electron chi connectivity index (χ3n) is 1.55. The molecule has 14 heavy (non-hydrogen) atoms. The fourth-order valence-electron chi connectivity index (χ4n) is 0.805. The predicted octanol–water partition coefficient (Wildman–Crippen LogP) is 1.82. The maximum absolute atomic E-state index is 12.6. The lowest BCUT2D eigenvalue weighted by atomic mass is 10.3. The first-order chi connectivity index (χ1) is 6.50. The number of carboxylic acids is 1. The van der Waals surface area contributed by atoms with Crippen molar-refractivity contribution < 1.29 is 23.4 Å². The average molecular weight is 202 g/mol. The van der Waals surface area contributed by atoms with Gasteiger partial charge in [-0.3, -0.25) is 0 Å². The fraction of sp³-hybridized carbons (Fsp3) is 0.222. The molecule has 0 radical (unpaired) electrons. The molecule has 0 bridgehead atoms. The van der Waals surface area contributed by atoms with Crippen LogP contribution in [0, 0.1) is 11.6 Å². The largest absolute Gasteiger partial charge is 0.479 e. The number of benzene rings is 1. The number of rotatable bonds is 3. The number of hydrogen-bond acceptors (Lipinski definition) is 2. The molecule has 1 atom stereocenters. The van der Waals surface area contributed by atoms with Crippen molar-refractivity contribution >= 4 is 5.97 Å². The summed E-state index contributed by atoms with van der Waals surface area (Å²) in [4.78, 5) is 10.4. The van der Waals surface area contributed by atoms with Crippen molar-refractivity contribution in [3.63, 3.8) is 0 Å². The third-order valence-corrected chi connectivity index (χ3v) is 1.55.